The van der Waals surface area contributed by atoms with Crippen LogP contribution in [0, 0.1) is 0 Å². The molecule has 1 aromatic carbocycles. The molecule has 0 heterocycles. The standard InChI is InChI=1S/C10H15NO2S/c1-13-9-4-3-7(8(12)6-11)5-10(9)14-2/h3-5,8,12H,6,11H2,1-2H3. The van der Waals surface area contributed by atoms with Gasteiger partial charge in [0.25, 0.3) is 0 Å². The van der Waals surface area contributed by atoms with Gasteiger partial charge in [-0.2, -0.15) is 0 Å². The molecule has 0 aliphatic heterocycles. The van der Waals surface area contributed by atoms with Crippen LogP contribution >= 0.6 is 11.8 Å². The Balaban J connectivity index is 3.01. The minimum absolute atomic E-state index is 0.236. The first-order valence-electron chi connectivity index (χ1n) is 4.33. The fourth-order valence-corrected chi connectivity index (χ4v) is 1.80. The maximum atomic E-state index is 9.54. The molecule has 0 aliphatic carbocycles. The quantitative estimate of drug-likeness (QED) is 0.742. The van der Waals surface area contributed by atoms with E-state index in [1.807, 2.05) is 24.5 Å². The number of aliphatic hydroxyl groups excluding tert-OH is 1. The van der Waals surface area contributed by atoms with Crippen LogP contribution in [-0.2, 0) is 0 Å². The van der Waals surface area contributed by atoms with E-state index in [2.05, 4.69) is 0 Å². The number of thioether (sulfide) groups is 1. The molecular formula is C10H15NO2S. The predicted octanol–water partition coefficient (Wildman–Crippen LogP) is 1.41. The van der Waals surface area contributed by atoms with E-state index in [0.717, 1.165) is 16.2 Å². The van der Waals surface area contributed by atoms with Crippen LogP contribution in [0.3, 0.4) is 0 Å². The molecule has 3 nitrogen and oxygen atoms in total. The maximum absolute atomic E-state index is 9.54. The van der Waals surface area contributed by atoms with Gasteiger partial charge in [-0.25, -0.2) is 0 Å². The third-order valence-electron chi connectivity index (χ3n) is 2.02. The fourth-order valence-electron chi connectivity index (χ4n) is 1.20. The van der Waals surface area contributed by atoms with Crippen LogP contribution in [0.25, 0.3) is 0 Å². The lowest BCUT2D eigenvalue weighted by Crippen LogP contribution is -2.11. The van der Waals surface area contributed by atoms with Crippen molar-refractivity contribution in [2.75, 3.05) is 19.9 Å². The van der Waals surface area contributed by atoms with Crippen molar-refractivity contribution in [1.82, 2.24) is 0 Å². The van der Waals surface area contributed by atoms with Crippen molar-refractivity contribution in [1.29, 1.82) is 0 Å². The lowest BCUT2D eigenvalue weighted by atomic mass is 10.1. The largest absolute Gasteiger partial charge is 0.496 e. The van der Waals surface area contributed by atoms with Gasteiger partial charge >= 0.3 is 0 Å². The second kappa shape index (κ2) is 5.24. The van der Waals surface area contributed by atoms with E-state index in [9.17, 15) is 5.11 Å². The van der Waals surface area contributed by atoms with E-state index in [0.29, 0.717) is 0 Å². The minimum Gasteiger partial charge on any atom is -0.496 e. The summed E-state index contributed by atoms with van der Waals surface area (Å²) < 4.78 is 5.17. The zero-order chi connectivity index (χ0) is 10.6. The first-order valence-corrected chi connectivity index (χ1v) is 5.55. The SMILES string of the molecule is COc1ccc(C(O)CN)cc1SC. The third-order valence-corrected chi connectivity index (χ3v) is 2.77. The summed E-state index contributed by atoms with van der Waals surface area (Å²) in [6.07, 6.45) is 1.38. The second-order valence-electron chi connectivity index (χ2n) is 2.87. The highest BCUT2D eigenvalue weighted by Crippen LogP contribution is 2.30. The molecule has 78 valence electrons. The summed E-state index contributed by atoms with van der Waals surface area (Å²) in [7, 11) is 1.63. The molecular weight excluding hydrogens is 198 g/mol. The van der Waals surface area contributed by atoms with Gasteiger partial charge in [-0.1, -0.05) is 6.07 Å². The van der Waals surface area contributed by atoms with Crippen molar-refractivity contribution in [2.24, 2.45) is 5.73 Å². The molecule has 0 aromatic heterocycles. The highest BCUT2D eigenvalue weighted by atomic mass is 32.2. The first-order chi connectivity index (χ1) is 6.72. The molecule has 4 heteroatoms. The van der Waals surface area contributed by atoms with Crippen LogP contribution in [0.5, 0.6) is 5.75 Å². The van der Waals surface area contributed by atoms with Crippen molar-refractivity contribution in [2.45, 2.75) is 11.0 Å². The van der Waals surface area contributed by atoms with Gasteiger partial charge in [-0.3, -0.25) is 0 Å². The summed E-state index contributed by atoms with van der Waals surface area (Å²) >= 11 is 1.59. The summed E-state index contributed by atoms with van der Waals surface area (Å²) in [6, 6.07) is 5.58. The van der Waals surface area contributed by atoms with E-state index in [1.165, 1.54) is 0 Å². The lowest BCUT2D eigenvalue weighted by Gasteiger charge is -2.11. The van der Waals surface area contributed by atoms with Crippen LogP contribution < -0.4 is 10.5 Å². The normalized spacial score (nSPS) is 12.6. The predicted molar refractivity (Wildman–Crippen MR) is 58.8 cm³/mol. The summed E-state index contributed by atoms with van der Waals surface area (Å²) in [6.45, 7) is 0.236. The monoisotopic (exact) mass is 213 g/mol. The van der Waals surface area contributed by atoms with E-state index in [4.69, 9.17) is 10.5 Å². The van der Waals surface area contributed by atoms with Crippen LogP contribution in [-0.4, -0.2) is 25.0 Å². The maximum Gasteiger partial charge on any atom is 0.132 e. The number of benzene rings is 1. The Morgan fingerprint density at radius 2 is 2.29 bits per heavy atom. The zero-order valence-electron chi connectivity index (χ0n) is 8.36. The Kier molecular flexibility index (Phi) is 4.25. The van der Waals surface area contributed by atoms with E-state index in [1.54, 1.807) is 18.9 Å². The Morgan fingerprint density at radius 1 is 1.57 bits per heavy atom. The Bertz CT molecular complexity index is 304. The van der Waals surface area contributed by atoms with E-state index < -0.39 is 6.10 Å². The van der Waals surface area contributed by atoms with Gasteiger partial charge in [0, 0.05) is 11.4 Å². The van der Waals surface area contributed by atoms with E-state index >= 15 is 0 Å². The van der Waals surface area contributed by atoms with Gasteiger partial charge in [0.1, 0.15) is 5.75 Å². The zero-order valence-corrected chi connectivity index (χ0v) is 9.17. The third kappa shape index (κ3) is 2.41. The minimum atomic E-state index is -0.591. The van der Waals surface area contributed by atoms with Gasteiger partial charge in [-0.15, -0.1) is 11.8 Å². The number of rotatable bonds is 4. The van der Waals surface area contributed by atoms with Crippen molar-refractivity contribution in [3.8, 4) is 5.75 Å². The average molecular weight is 213 g/mol. The van der Waals surface area contributed by atoms with Crippen molar-refractivity contribution < 1.29 is 9.84 Å². The van der Waals surface area contributed by atoms with Crippen LogP contribution in [0.4, 0.5) is 0 Å². The first kappa shape index (κ1) is 11.4. The molecule has 1 rings (SSSR count). The molecule has 0 saturated carbocycles. The van der Waals surface area contributed by atoms with Gasteiger partial charge in [-0.05, 0) is 24.0 Å². The Morgan fingerprint density at radius 3 is 2.79 bits per heavy atom. The molecule has 0 fully saturated rings. The average Bonchev–Trinajstić information content (AvgIpc) is 2.26. The highest BCUT2D eigenvalue weighted by molar-refractivity contribution is 7.98. The molecule has 0 aliphatic rings. The molecule has 0 amide bonds. The molecule has 3 N–H and O–H groups in total. The second-order valence-corrected chi connectivity index (χ2v) is 3.71. The molecule has 0 radical (unpaired) electrons. The smallest absolute Gasteiger partial charge is 0.132 e. The van der Waals surface area contributed by atoms with Crippen LogP contribution in [0.2, 0.25) is 0 Å². The van der Waals surface area contributed by atoms with Gasteiger partial charge < -0.3 is 15.6 Å². The molecule has 0 bridgehead atoms. The van der Waals surface area contributed by atoms with Crippen molar-refractivity contribution >= 4 is 11.8 Å². The van der Waals surface area contributed by atoms with Gasteiger partial charge in [0.05, 0.1) is 13.2 Å². The van der Waals surface area contributed by atoms with Gasteiger partial charge in [0.15, 0.2) is 0 Å². The number of methoxy groups -OCH3 is 1. The van der Waals surface area contributed by atoms with Crippen LogP contribution in [0.15, 0.2) is 23.1 Å². The summed E-state index contributed by atoms with van der Waals surface area (Å²) in [5.74, 6) is 0.825. The Labute approximate surface area is 88.3 Å². The molecule has 1 atom stereocenters. The molecule has 0 spiro atoms. The highest BCUT2D eigenvalue weighted by Gasteiger charge is 2.08. The summed E-state index contributed by atoms with van der Waals surface area (Å²) in [5, 5.41) is 9.54. The summed E-state index contributed by atoms with van der Waals surface area (Å²) in [4.78, 5) is 1.01. The number of hydrogen-bond acceptors (Lipinski definition) is 4. The number of aliphatic hydroxyl groups is 1. The van der Waals surface area contributed by atoms with Crippen LogP contribution in [0.1, 0.15) is 11.7 Å². The topological polar surface area (TPSA) is 55.5 Å². The Hall–Kier alpha value is -0.710. The molecule has 0 saturated heterocycles. The number of nitrogens with two attached hydrogens (primary N) is 1. The number of hydrogen-bond donors (Lipinski definition) is 2. The van der Waals surface area contributed by atoms with Crippen molar-refractivity contribution in [3.05, 3.63) is 23.8 Å². The fraction of sp³-hybridized carbons (Fsp3) is 0.400. The van der Waals surface area contributed by atoms with E-state index in [-0.39, 0.29) is 6.54 Å². The molecule has 1 aromatic rings. The summed E-state index contributed by atoms with van der Waals surface area (Å²) in [5.41, 5.74) is 6.21. The number of ether oxygens (including phenoxy) is 1. The van der Waals surface area contributed by atoms with Gasteiger partial charge in [0.2, 0.25) is 0 Å². The molecule has 1 unspecified atom stereocenters. The lowest BCUT2D eigenvalue weighted by molar-refractivity contribution is 0.186. The molecule has 14 heavy (non-hydrogen) atoms. The van der Waals surface area contributed by atoms with Crippen molar-refractivity contribution in [3.63, 3.8) is 0 Å².